The minimum absolute atomic E-state index is 0.0218. The minimum atomic E-state index is -1.17. The van der Waals surface area contributed by atoms with Gasteiger partial charge in [0.25, 0.3) is 0 Å². The van der Waals surface area contributed by atoms with Gasteiger partial charge < -0.3 is 16.6 Å². The number of aromatic nitrogens is 3. The van der Waals surface area contributed by atoms with Crippen LogP contribution in [0.25, 0.3) is 0 Å². The molecule has 0 aliphatic rings. The molecular formula is C12H13N5O3. The quantitative estimate of drug-likeness (QED) is 0.677. The lowest BCUT2D eigenvalue weighted by Gasteiger charge is -2.05. The molecule has 5 N–H and O–H groups in total. The lowest BCUT2D eigenvalue weighted by Crippen LogP contribution is -2.14. The number of nitrogens with two attached hydrogens (primary N) is 2. The molecule has 104 valence electrons. The topological polar surface area (TPSA) is 137 Å². The average Bonchev–Trinajstić information content (AvgIpc) is 2.82. The molecule has 1 amide bonds. The molecule has 8 nitrogen and oxygen atoms in total. The number of hydrogen-bond donors (Lipinski definition) is 3. The molecule has 0 aliphatic carbocycles. The van der Waals surface area contributed by atoms with E-state index in [9.17, 15) is 9.59 Å². The van der Waals surface area contributed by atoms with Crippen molar-refractivity contribution in [3.8, 4) is 0 Å². The maximum Gasteiger partial charge on any atom is 0.358 e. The van der Waals surface area contributed by atoms with Crippen molar-refractivity contribution < 1.29 is 14.7 Å². The fourth-order valence-corrected chi connectivity index (χ4v) is 1.78. The van der Waals surface area contributed by atoms with E-state index < -0.39 is 11.9 Å². The van der Waals surface area contributed by atoms with Crippen LogP contribution in [0.15, 0.2) is 24.3 Å². The summed E-state index contributed by atoms with van der Waals surface area (Å²) in [5.74, 6) is -1.67. The maximum atomic E-state index is 11.0. The number of aromatic carboxylic acids is 1. The molecule has 0 bridgehead atoms. The van der Waals surface area contributed by atoms with E-state index in [1.165, 1.54) is 4.68 Å². The van der Waals surface area contributed by atoms with E-state index in [0.717, 1.165) is 5.56 Å². The van der Waals surface area contributed by atoms with Gasteiger partial charge in [-0.15, -0.1) is 5.10 Å². The third kappa shape index (κ3) is 2.64. The van der Waals surface area contributed by atoms with Crippen molar-refractivity contribution in [3.05, 3.63) is 46.8 Å². The Labute approximate surface area is 114 Å². The van der Waals surface area contributed by atoms with Gasteiger partial charge in [-0.2, -0.15) is 0 Å². The normalized spacial score (nSPS) is 10.4. The van der Waals surface area contributed by atoms with Gasteiger partial charge in [0, 0.05) is 12.1 Å². The summed E-state index contributed by atoms with van der Waals surface area (Å²) in [6.45, 7) is 0.333. The fourth-order valence-electron chi connectivity index (χ4n) is 1.78. The van der Waals surface area contributed by atoms with Crippen molar-refractivity contribution in [2.75, 3.05) is 0 Å². The Morgan fingerprint density at radius 3 is 2.40 bits per heavy atom. The highest BCUT2D eigenvalue weighted by atomic mass is 16.4. The molecule has 20 heavy (non-hydrogen) atoms. The molecule has 0 atom stereocenters. The van der Waals surface area contributed by atoms with E-state index in [1.807, 2.05) is 0 Å². The molecule has 0 saturated heterocycles. The summed E-state index contributed by atoms with van der Waals surface area (Å²) in [5, 5.41) is 16.3. The van der Waals surface area contributed by atoms with Gasteiger partial charge in [-0.3, -0.25) is 4.79 Å². The summed E-state index contributed by atoms with van der Waals surface area (Å²) in [7, 11) is 0. The summed E-state index contributed by atoms with van der Waals surface area (Å²) >= 11 is 0. The second-order valence-corrected chi connectivity index (χ2v) is 4.11. The molecule has 0 saturated carbocycles. The van der Waals surface area contributed by atoms with Crippen molar-refractivity contribution in [2.45, 2.75) is 13.1 Å². The Hall–Kier alpha value is -2.74. The predicted molar refractivity (Wildman–Crippen MR) is 68.9 cm³/mol. The molecule has 0 aliphatic heterocycles. The molecule has 8 heteroatoms. The van der Waals surface area contributed by atoms with Crippen molar-refractivity contribution in [1.82, 2.24) is 15.0 Å². The number of primary amides is 1. The zero-order valence-electron chi connectivity index (χ0n) is 10.5. The molecular weight excluding hydrogens is 262 g/mol. The van der Waals surface area contributed by atoms with Gasteiger partial charge in [0.2, 0.25) is 5.91 Å². The lowest BCUT2D eigenvalue weighted by molar-refractivity contribution is 0.0688. The SMILES string of the molecule is NCc1c(C(=O)O)nnn1Cc1ccc(C(N)=O)cc1. The fraction of sp³-hybridized carbons (Fsp3) is 0.167. The number of carbonyl (C=O) groups excluding carboxylic acids is 1. The first kappa shape index (κ1) is 13.7. The summed E-state index contributed by atoms with van der Waals surface area (Å²) in [5.41, 5.74) is 12.1. The van der Waals surface area contributed by atoms with E-state index in [-0.39, 0.29) is 12.2 Å². The van der Waals surface area contributed by atoms with Gasteiger partial charge in [-0.1, -0.05) is 17.3 Å². The third-order valence-electron chi connectivity index (χ3n) is 2.80. The summed E-state index contributed by atoms with van der Waals surface area (Å²) in [6.07, 6.45) is 0. The van der Waals surface area contributed by atoms with E-state index in [1.54, 1.807) is 24.3 Å². The Balaban J connectivity index is 2.26. The standard InChI is InChI=1S/C12H13N5O3/c13-5-9-10(12(19)20)15-16-17(9)6-7-1-3-8(4-2-7)11(14)18/h1-4H,5-6,13H2,(H2,14,18)(H,19,20). The number of rotatable bonds is 5. The molecule has 1 aromatic heterocycles. The predicted octanol–water partition coefficient (Wildman–Crippen LogP) is -0.418. The summed E-state index contributed by atoms with van der Waals surface area (Å²) in [4.78, 5) is 21.9. The van der Waals surface area contributed by atoms with Gasteiger partial charge in [0.15, 0.2) is 5.69 Å². The van der Waals surface area contributed by atoms with Crippen molar-refractivity contribution in [1.29, 1.82) is 0 Å². The van der Waals surface area contributed by atoms with Crippen LogP contribution in [-0.2, 0) is 13.1 Å². The van der Waals surface area contributed by atoms with Gasteiger partial charge >= 0.3 is 5.97 Å². The molecule has 0 radical (unpaired) electrons. The zero-order valence-corrected chi connectivity index (χ0v) is 10.5. The van der Waals surface area contributed by atoms with Gasteiger partial charge in [0.05, 0.1) is 12.2 Å². The second kappa shape index (κ2) is 5.49. The van der Waals surface area contributed by atoms with Crippen LogP contribution in [0.4, 0.5) is 0 Å². The highest BCUT2D eigenvalue weighted by Gasteiger charge is 2.17. The van der Waals surface area contributed by atoms with E-state index in [0.29, 0.717) is 17.8 Å². The smallest absolute Gasteiger partial charge is 0.358 e. The Bertz CT molecular complexity index is 648. The van der Waals surface area contributed by atoms with Gasteiger partial charge in [-0.05, 0) is 17.7 Å². The Morgan fingerprint density at radius 1 is 1.25 bits per heavy atom. The van der Waals surface area contributed by atoms with Gasteiger partial charge in [0.1, 0.15) is 0 Å². The second-order valence-electron chi connectivity index (χ2n) is 4.11. The molecule has 1 aromatic carbocycles. The van der Waals surface area contributed by atoms with Crippen molar-refractivity contribution in [3.63, 3.8) is 0 Å². The lowest BCUT2D eigenvalue weighted by atomic mass is 10.1. The van der Waals surface area contributed by atoms with Crippen LogP contribution in [-0.4, -0.2) is 32.0 Å². The number of amides is 1. The molecule has 0 fully saturated rings. The van der Waals surface area contributed by atoms with Crippen LogP contribution in [0, 0.1) is 0 Å². The van der Waals surface area contributed by atoms with Crippen LogP contribution in [0.1, 0.15) is 32.1 Å². The van der Waals surface area contributed by atoms with Crippen LogP contribution in [0.3, 0.4) is 0 Å². The van der Waals surface area contributed by atoms with Crippen LogP contribution in [0.2, 0.25) is 0 Å². The largest absolute Gasteiger partial charge is 0.476 e. The maximum absolute atomic E-state index is 11.0. The summed E-state index contributed by atoms with van der Waals surface area (Å²) < 4.78 is 1.42. The number of carboxylic acid groups (broad SMARTS) is 1. The van der Waals surface area contributed by atoms with Crippen molar-refractivity contribution in [2.24, 2.45) is 11.5 Å². The number of nitrogens with zero attached hydrogens (tertiary/aromatic N) is 3. The van der Waals surface area contributed by atoms with Crippen LogP contribution < -0.4 is 11.5 Å². The summed E-state index contributed by atoms with van der Waals surface area (Å²) in [6, 6.07) is 6.61. The molecule has 0 unspecified atom stereocenters. The van der Waals surface area contributed by atoms with Gasteiger partial charge in [-0.25, -0.2) is 9.48 Å². The van der Waals surface area contributed by atoms with Crippen LogP contribution >= 0.6 is 0 Å². The number of carbonyl (C=O) groups is 2. The molecule has 2 rings (SSSR count). The number of benzene rings is 1. The van der Waals surface area contributed by atoms with Crippen molar-refractivity contribution >= 4 is 11.9 Å². The van der Waals surface area contributed by atoms with E-state index in [2.05, 4.69) is 10.3 Å². The number of hydrogen-bond acceptors (Lipinski definition) is 5. The first-order valence-corrected chi connectivity index (χ1v) is 5.77. The first-order valence-electron chi connectivity index (χ1n) is 5.77. The highest BCUT2D eigenvalue weighted by molar-refractivity contribution is 5.92. The highest BCUT2D eigenvalue weighted by Crippen LogP contribution is 2.10. The monoisotopic (exact) mass is 275 g/mol. The zero-order chi connectivity index (χ0) is 14.7. The third-order valence-corrected chi connectivity index (χ3v) is 2.80. The van der Waals surface area contributed by atoms with Crippen LogP contribution in [0.5, 0.6) is 0 Å². The Kier molecular flexibility index (Phi) is 3.76. The molecule has 1 heterocycles. The number of carboxylic acids is 1. The van der Waals surface area contributed by atoms with E-state index in [4.69, 9.17) is 16.6 Å². The Morgan fingerprint density at radius 2 is 1.90 bits per heavy atom. The molecule has 2 aromatic rings. The van der Waals surface area contributed by atoms with E-state index >= 15 is 0 Å². The molecule has 0 spiro atoms. The average molecular weight is 275 g/mol. The minimum Gasteiger partial charge on any atom is -0.476 e. The first-order chi connectivity index (χ1) is 9.52.